The number of anilines is 1. The van der Waals surface area contributed by atoms with Gasteiger partial charge in [-0.15, -0.1) is 0 Å². The van der Waals surface area contributed by atoms with Gasteiger partial charge >= 0.3 is 0 Å². The highest BCUT2D eigenvalue weighted by atomic mass is 15.1. The second-order valence-corrected chi connectivity index (χ2v) is 4.88. The van der Waals surface area contributed by atoms with Gasteiger partial charge in [-0.05, 0) is 35.3 Å². The smallest absolute Gasteiger partial charge is 0.0361 e. The van der Waals surface area contributed by atoms with Crippen molar-refractivity contribution in [2.24, 2.45) is 0 Å². The topological polar surface area (TPSA) is 3.24 Å². The Labute approximate surface area is 116 Å². The molecule has 0 atom stereocenters. The van der Waals surface area contributed by atoms with Gasteiger partial charge in [-0.25, -0.2) is 0 Å². The lowest BCUT2D eigenvalue weighted by Crippen LogP contribution is -2.07. The number of benzene rings is 2. The molecule has 2 rings (SSSR count). The molecule has 0 heterocycles. The summed E-state index contributed by atoms with van der Waals surface area (Å²) >= 11 is 0. The van der Waals surface area contributed by atoms with Gasteiger partial charge in [0.05, 0.1) is 0 Å². The van der Waals surface area contributed by atoms with Gasteiger partial charge in [0.25, 0.3) is 0 Å². The third-order valence-corrected chi connectivity index (χ3v) is 3.28. The van der Waals surface area contributed by atoms with E-state index in [0.29, 0.717) is 0 Å². The Kier molecular flexibility index (Phi) is 4.40. The van der Waals surface area contributed by atoms with Crippen LogP contribution in [-0.4, -0.2) is 14.1 Å². The molecule has 0 saturated carbocycles. The normalized spacial score (nSPS) is 11.4. The van der Waals surface area contributed by atoms with E-state index >= 15 is 0 Å². The lowest BCUT2D eigenvalue weighted by molar-refractivity contribution is 1.13. The van der Waals surface area contributed by atoms with Crippen LogP contribution >= 0.6 is 0 Å². The fourth-order valence-corrected chi connectivity index (χ4v) is 2.11. The highest BCUT2D eigenvalue weighted by Crippen LogP contribution is 2.22. The minimum atomic E-state index is 1.04. The number of allylic oxidation sites excluding steroid dienone is 1. The molecule has 0 N–H and O–H groups in total. The van der Waals surface area contributed by atoms with Crippen LogP contribution in [-0.2, 0) is 0 Å². The van der Waals surface area contributed by atoms with Crippen LogP contribution < -0.4 is 4.90 Å². The van der Waals surface area contributed by atoms with Gasteiger partial charge in [0.2, 0.25) is 0 Å². The van der Waals surface area contributed by atoms with Crippen LogP contribution in [0.4, 0.5) is 5.69 Å². The van der Waals surface area contributed by atoms with E-state index in [9.17, 15) is 0 Å². The summed E-state index contributed by atoms with van der Waals surface area (Å²) in [6.07, 6.45) is 3.31. The third-order valence-electron chi connectivity index (χ3n) is 3.28. The number of nitrogens with zero attached hydrogens (tertiary/aromatic N) is 1. The molecule has 2 aromatic rings. The first kappa shape index (κ1) is 13.4. The molecule has 0 aliphatic heterocycles. The van der Waals surface area contributed by atoms with Crippen molar-refractivity contribution in [1.29, 1.82) is 0 Å². The third kappa shape index (κ3) is 3.47. The fourth-order valence-electron chi connectivity index (χ4n) is 2.11. The van der Waals surface area contributed by atoms with Crippen LogP contribution in [0.5, 0.6) is 0 Å². The Morgan fingerprint density at radius 1 is 0.947 bits per heavy atom. The second-order valence-electron chi connectivity index (χ2n) is 4.88. The van der Waals surface area contributed by atoms with Crippen LogP contribution in [0.3, 0.4) is 0 Å². The van der Waals surface area contributed by atoms with Gasteiger partial charge in [0.1, 0.15) is 0 Å². The van der Waals surface area contributed by atoms with Crippen molar-refractivity contribution in [1.82, 2.24) is 0 Å². The molecule has 0 aliphatic carbocycles. The zero-order chi connectivity index (χ0) is 13.7. The number of rotatable bonds is 4. The summed E-state index contributed by atoms with van der Waals surface area (Å²) in [7, 11) is 4.12. The molecule has 0 unspecified atom stereocenters. The zero-order valence-electron chi connectivity index (χ0n) is 11.9. The molecule has 0 bridgehead atoms. The van der Waals surface area contributed by atoms with Gasteiger partial charge in [0, 0.05) is 19.8 Å². The van der Waals surface area contributed by atoms with Crippen LogP contribution in [0, 0.1) is 0 Å². The molecule has 1 nitrogen and oxygen atoms in total. The lowest BCUT2D eigenvalue weighted by atomic mass is 10.0. The minimum absolute atomic E-state index is 1.04. The lowest BCUT2D eigenvalue weighted by Gasteiger charge is -2.12. The zero-order valence-corrected chi connectivity index (χ0v) is 11.9. The minimum Gasteiger partial charge on any atom is -0.378 e. The molecule has 0 fully saturated rings. The maximum Gasteiger partial charge on any atom is 0.0361 e. The highest BCUT2D eigenvalue weighted by molar-refractivity contribution is 5.81. The molecule has 19 heavy (non-hydrogen) atoms. The van der Waals surface area contributed by atoms with Gasteiger partial charge < -0.3 is 4.90 Å². The van der Waals surface area contributed by atoms with Crippen molar-refractivity contribution in [3.63, 3.8) is 0 Å². The van der Waals surface area contributed by atoms with Crippen LogP contribution in [0.25, 0.3) is 11.6 Å². The largest absolute Gasteiger partial charge is 0.378 e. The van der Waals surface area contributed by atoms with Crippen molar-refractivity contribution in [3.05, 3.63) is 65.7 Å². The van der Waals surface area contributed by atoms with Gasteiger partial charge in [-0.1, -0.05) is 55.5 Å². The van der Waals surface area contributed by atoms with Crippen molar-refractivity contribution in [2.45, 2.75) is 13.3 Å². The van der Waals surface area contributed by atoms with Gasteiger partial charge in [-0.3, -0.25) is 0 Å². The summed E-state index contributed by atoms with van der Waals surface area (Å²) in [5.41, 5.74) is 5.17. The molecule has 0 aliphatic rings. The van der Waals surface area contributed by atoms with E-state index in [2.05, 4.69) is 86.6 Å². The molecule has 0 amide bonds. The maximum atomic E-state index is 2.27. The van der Waals surface area contributed by atoms with E-state index in [1.165, 1.54) is 22.4 Å². The molecule has 0 radical (unpaired) electrons. The molecular weight excluding hydrogens is 230 g/mol. The van der Waals surface area contributed by atoms with Crippen molar-refractivity contribution < 1.29 is 0 Å². The Balaban J connectivity index is 2.28. The average molecular weight is 251 g/mol. The number of hydrogen-bond acceptors (Lipinski definition) is 1. The first-order chi connectivity index (χ1) is 9.20. The first-order valence-electron chi connectivity index (χ1n) is 6.74. The SMILES string of the molecule is CCC(=Cc1ccc(N(C)C)cc1)c1ccccc1. The molecular formula is C18H21N. The Hall–Kier alpha value is -2.02. The quantitative estimate of drug-likeness (QED) is 0.712. The van der Waals surface area contributed by atoms with E-state index in [0.717, 1.165) is 6.42 Å². The molecule has 0 aromatic heterocycles. The van der Waals surface area contributed by atoms with Crippen LogP contribution in [0.2, 0.25) is 0 Å². The van der Waals surface area contributed by atoms with Gasteiger partial charge in [-0.2, -0.15) is 0 Å². The van der Waals surface area contributed by atoms with E-state index in [-0.39, 0.29) is 0 Å². The summed E-state index contributed by atoms with van der Waals surface area (Å²) in [6, 6.07) is 19.2. The summed E-state index contributed by atoms with van der Waals surface area (Å²) in [6.45, 7) is 2.20. The van der Waals surface area contributed by atoms with E-state index < -0.39 is 0 Å². The Bertz CT molecular complexity index is 536. The number of hydrogen-bond donors (Lipinski definition) is 0. The molecule has 98 valence electrons. The predicted molar refractivity (Wildman–Crippen MR) is 85.4 cm³/mol. The second kappa shape index (κ2) is 6.24. The predicted octanol–water partition coefficient (Wildman–Crippen LogP) is 4.70. The molecule has 2 aromatic carbocycles. The summed E-state index contributed by atoms with van der Waals surface area (Å²) in [5, 5.41) is 0. The summed E-state index contributed by atoms with van der Waals surface area (Å²) < 4.78 is 0. The Morgan fingerprint density at radius 3 is 2.11 bits per heavy atom. The maximum absolute atomic E-state index is 2.27. The van der Waals surface area contributed by atoms with Crippen LogP contribution in [0.1, 0.15) is 24.5 Å². The molecule has 1 heteroatoms. The molecule has 0 spiro atoms. The van der Waals surface area contributed by atoms with E-state index in [1.54, 1.807) is 0 Å². The summed E-state index contributed by atoms with van der Waals surface area (Å²) in [4.78, 5) is 2.12. The van der Waals surface area contributed by atoms with Crippen LogP contribution in [0.15, 0.2) is 54.6 Å². The standard InChI is InChI=1S/C18H21N/c1-4-16(17-8-6-5-7-9-17)14-15-10-12-18(13-11-15)19(2)3/h5-14H,4H2,1-3H3. The summed E-state index contributed by atoms with van der Waals surface area (Å²) in [5.74, 6) is 0. The van der Waals surface area contributed by atoms with Crippen molar-refractivity contribution >= 4 is 17.3 Å². The van der Waals surface area contributed by atoms with E-state index in [1.807, 2.05) is 0 Å². The van der Waals surface area contributed by atoms with Crippen molar-refractivity contribution in [2.75, 3.05) is 19.0 Å². The first-order valence-corrected chi connectivity index (χ1v) is 6.74. The molecule has 0 saturated heterocycles. The van der Waals surface area contributed by atoms with Crippen molar-refractivity contribution in [3.8, 4) is 0 Å². The fraction of sp³-hybridized carbons (Fsp3) is 0.222. The highest BCUT2D eigenvalue weighted by Gasteiger charge is 1.99. The van der Waals surface area contributed by atoms with Gasteiger partial charge in [0.15, 0.2) is 0 Å². The Morgan fingerprint density at radius 2 is 1.58 bits per heavy atom. The van der Waals surface area contributed by atoms with E-state index in [4.69, 9.17) is 0 Å². The monoisotopic (exact) mass is 251 g/mol. The average Bonchev–Trinajstić information content (AvgIpc) is 2.46.